The number of piperidine rings is 1. The lowest BCUT2D eigenvalue weighted by molar-refractivity contribution is -0.137. The predicted octanol–water partition coefficient (Wildman–Crippen LogP) is 6.35. The highest BCUT2D eigenvalue weighted by molar-refractivity contribution is 7.99. The van der Waals surface area contributed by atoms with E-state index in [1.807, 2.05) is 36.0 Å². The molecular formula is C31H40N2O4S. The number of aliphatic carboxylic acids is 1. The number of hydrogen-bond donors (Lipinski definition) is 2. The molecule has 4 rings (SSSR count). The normalized spacial score (nSPS) is 18.9. The molecule has 0 aliphatic carbocycles. The SMILES string of the molecule is COc1ccc2nccc([C@@H](O)CCC3CCN(CCCSc4ccccc4C)CC3CCC(=O)O)c2c1. The fraction of sp³-hybridized carbons (Fsp3) is 0.484. The molecule has 0 saturated carbocycles. The topological polar surface area (TPSA) is 82.9 Å². The number of pyridine rings is 1. The van der Waals surface area contributed by atoms with E-state index < -0.39 is 12.1 Å². The number of aromatic nitrogens is 1. The fourth-order valence-electron chi connectivity index (χ4n) is 5.66. The number of methoxy groups -OCH3 is 1. The van der Waals surface area contributed by atoms with Crippen LogP contribution in [0.5, 0.6) is 5.75 Å². The first-order valence-electron chi connectivity index (χ1n) is 13.7. The first kappa shape index (κ1) is 28.4. The number of carbonyl (C=O) groups is 1. The van der Waals surface area contributed by atoms with E-state index in [-0.39, 0.29) is 6.42 Å². The summed E-state index contributed by atoms with van der Waals surface area (Å²) in [5, 5.41) is 21.4. The van der Waals surface area contributed by atoms with Gasteiger partial charge in [-0.3, -0.25) is 9.78 Å². The number of hydrogen-bond acceptors (Lipinski definition) is 6. The number of carboxylic acids is 1. The van der Waals surface area contributed by atoms with Crippen molar-refractivity contribution in [2.24, 2.45) is 11.8 Å². The van der Waals surface area contributed by atoms with Crippen LogP contribution in [0.2, 0.25) is 0 Å². The minimum atomic E-state index is -0.729. The Labute approximate surface area is 230 Å². The van der Waals surface area contributed by atoms with E-state index in [4.69, 9.17) is 4.74 Å². The van der Waals surface area contributed by atoms with Crippen LogP contribution in [0.25, 0.3) is 10.9 Å². The van der Waals surface area contributed by atoms with Crippen molar-refractivity contribution in [3.05, 3.63) is 65.9 Å². The van der Waals surface area contributed by atoms with Crippen LogP contribution in [-0.4, -0.2) is 58.6 Å². The van der Waals surface area contributed by atoms with Gasteiger partial charge in [0.05, 0.1) is 18.7 Å². The number of benzene rings is 2. The molecule has 1 fully saturated rings. The molecule has 1 aromatic heterocycles. The van der Waals surface area contributed by atoms with E-state index in [0.717, 1.165) is 66.9 Å². The van der Waals surface area contributed by atoms with Crippen molar-refractivity contribution in [3.8, 4) is 5.75 Å². The Morgan fingerprint density at radius 1 is 1.18 bits per heavy atom. The van der Waals surface area contributed by atoms with Crippen LogP contribution in [0.4, 0.5) is 0 Å². The summed E-state index contributed by atoms with van der Waals surface area (Å²) in [5.74, 6) is 1.86. The van der Waals surface area contributed by atoms with Crippen molar-refractivity contribution < 1.29 is 19.7 Å². The van der Waals surface area contributed by atoms with Crippen molar-refractivity contribution >= 4 is 28.6 Å². The molecule has 0 radical (unpaired) electrons. The summed E-state index contributed by atoms with van der Waals surface area (Å²) in [6.45, 7) is 5.18. The average Bonchev–Trinajstić information content (AvgIpc) is 2.93. The molecule has 2 N–H and O–H groups in total. The third-order valence-corrected chi connectivity index (χ3v) is 9.09. The van der Waals surface area contributed by atoms with Gasteiger partial charge in [0.15, 0.2) is 0 Å². The largest absolute Gasteiger partial charge is 0.497 e. The Hall–Kier alpha value is -2.61. The Morgan fingerprint density at radius 3 is 2.82 bits per heavy atom. The molecule has 38 heavy (non-hydrogen) atoms. The first-order chi connectivity index (χ1) is 18.4. The van der Waals surface area contributed by atoms with Crippen molar-refractivity contribution in [1.82, 2.24) is 9.88 Å². The molecule has 1 aliphatic heterocycles. The molecule has 204 valence electrons. The maximum atomic E-state index is 11.4. The Kier molecular flexibility index (Phi) is 10.4. The molecule has 0 amide bonds. The lowest BCUT2D eigenvalue weighted by atomic mass is 9.79. The van der Waals surface area contributed by atoms with Crippen molar-refractivity contribution in [2.75, 3.05) is 32.5 Å². The van der Waals surface area contributed by atoms with E-state index >= 15 is 0 Å². The maximum absolute atomic E-state index is 11.4. The van der Waals surface area contributed by atoms with E-state index in [2.05, 4.69) is 41.1 Å². The van der Waals surface area contributed by atoms with E-state index in [0.29, 0.717) is 24.7 Å². The quantitative estimate of drug-likeness (QED) is 0.195. The van der Waals surface area contributed by atoms with Gasteiger partial charge in [-0.05, 0) is 111 Å². The number of aryl methyl sites for hydroxylation is 1. The summed E-state index contributed by atoms with van der Waals surface area (Å²) in [6, 6.07) is 16.2. The summed E-state index contributed by atoms with van der Waals surface area (Å²) >= 11 is 1.92. The number of rotatable bonds is 13. The lowest BCUT2D eigenvalue weighted by Crippen LogP contribution is -2.41. The standard InChI is InChI=1S/C31H40N2O4S/c1-22-6-3-4-7-30(22)38-19-5-17-33-18-15-23(24(21-33)9-13-31(35)36)8-12-29(34)26-14-16-32-28-11-10-25(37-2)20-27(26)28/h3-4,6-7,10-11,14,16,20,23-24,29,34H,5,8-9,12-13,15,17-19,21H2,1-2H3,(H,35,36)/t23?,24?,29-/m0/s1. The van der Waals surface area contributed by atoms with Crippen LogP contribution < -0.4 is 4.74 Å². The number of likely N-dealkylation sites (tertiary alicyclic amines) is 1. The highest BCUT2D eigenvalue weighted by Gasteiger charge is 2.30. The zero-order chi connectivity index (χ0) is 26.9. The summed E-state index contributed by atoms with van der Waals surface area (Å²) in [4.78, 5) is 19.7. The van der Waals surface area contributed by atoms with Crippen LogP contribution in [-0.2, 0) is 4.79 Å². The van der Waals surface area contributed by atoms with Crippen LogP contribution in [0.1, 0.15) is 55.8 Å². The molecule has 7 heteroatoms. The summed E-state index contributed by atoms with van der Waals surface area (Å²) < 4.78 is 5.38. The smallest absolute Gasteiger partial charge is 0.303 e. The molecule has 2 unspecified atom stereocenters. The predicted molar refractivity (Wildman–Crippen MR) is 154 cm³/mol. The van der Waals surface area contributed by atoms with Crippen molar-refractivity contribution in [3.63, 3.8) is 0 Å². The average molecular weight is 537 g/mol. The van der Waals surface area contributed by atoms with Gasteiger partial charge in [0.1, 0.15) is 5.75 Å². The molecule has 1 aliphatic rings. The van der Waals surface area contributed by atoms with Crippen molar-refractivity contribution in [1.29, 1.82) is 0 Å². The number of fused-ring (bicyclic) bond motifs is 1. The zero-order valence-corrected chi connectivity index (χ0v) is 23.3. The van der Waals surface area contributed by atoms with Crippen LogP contribution in [0.3, 0.4) is 0 Å². The molecule has 2 aromatic carbocycles. The summed E-state index contributed by atoms with van der Waals surface area (Å²) in [6.07, 6.45) is 5.76. The molecular weight excluding hydrogens is 496 g/mol. The van der Waals surface area contributed by atoms with Gasteiger partial charge in [-0.2, -0.15) is 0 Å². The second kappa shape index (κ2) is 14.0. The number of nitrogens with zero attached hydrogens (tertiary/aromatic N) is 2. The van der Waals surface area contributed by atoms with Gasteiger partial charge in [0.2, 0.25) is 0 Å². The number of carboxylic acid groups (broad SMARTS) is 1. The lowest BCUT2D eigenvalue weighted by Gasteiger charge is -2.39. The van der Waals surface area contributed by atoms with Crippen LogP contribution in [0, 0.1) is 18.8 Å². The van der Waals surface area contributed by atoms with Gasteiger partial charge in [-0.25, -0.2) is 0 Å². The van der Waals surface area contributed by atoms with E-state index in [1.165, 1.54) is 10.5 Å². The molecule has 1 saturated heterocycles. The highest BCUT2D eigenvalue weighted by Crippen LogP contribution is 2.35. The van der Waals surface area contributed by atoms with Gasteiger partial charge in [0.25, 0.3) is 0 Å². The Morgan fingerprint density at radius 2 is 2.03 bits per heavy atom. The van der Waals surface area contributed by atoms with E-state index in [1.54, 1.807) is 13.3 Å². The summed E-state index contributed by atoms with van der Waals surface area (Å²) in [7, 11) is 1.64. The molecule has 6 nitrogen and oxygen atoms in total. The minimum absolute atomic E-state index is 0.204. The second-order valence-corrected chi connectivity index (χ2v) is 11.5. The maximum Gasteiger partial charge on any atom is 0.303 e. The Bertz CT molecular complexity index is 1200. The van der Waals surface area contributed by atoms with Gasteiger partial charge in [0, 0.05) is 29.4 Å². The van der Waals surface area contributed by atoms with Gasteiger partial charge in [-0.15, -0.1) is 11.8 Å². The van der Waals surface area contributed by atoms with Gasteiger partial charge in [-0.1, -0.05) is 18.2 Å². The number of aliphatic hydroxyl groups excluding tert-OH is 1. The fourth-order valence-corrected chi connectivity index (χ4v) is 6.62. The van der Waals surface area contributed by atoms with Gasteiger partial charge >= 0.3 is 5.97 Å². The monoisotopic (exact) mass is 536 g/mol. The molecule has 3 aromatic rings. The third-order valence-electron chi connectivity index (χ3n) is 7.83. The van der Waals surface area contributed by atoms with E-state index in [9.17, 15) is 15.0 Å². The Balaban J connectivity index is 1.32. The number of ether oxygens (including phenoxy) is 1. The number of aliphatic hydroxyl groups is 1. The van der Waals surface area contributed by atoms with Gasteiger partial charge < -0.3 is 19.8 Å². The molecule has 3 atom stereocenters. The highest BCUT2D eigenvalue weighted by atomic mass is 32.2. The molecule has 0 bridgehead atoms. The molecule has 2 heterocycles. The second-order valence-electron chi connectivity index (χ2n) is 10.4. The number of thioether (sulfide) groups is 1. The zero-order valence-electron chi connectivity index (χ0n) is 22.5. The first-order valence-corrected chi connectivity index (χ1v) is 14.7. The third kappa shape index (κ3) is 7.71. The minimum Gasteiger partial charge on any atom is -0.497 e. The van der Waals surface area contributed by atoms with Crippen LogP contribution in [0.15, 0.2) is 59.6 Å². The summed E-state index contributed by atoms with van der Waals surface area (Å²) in [5.41, 5.74) is 3.04. The van der Waals surface area contributed by atoms with Crippen LogP contribution >= 0.6 is 11.8 Å². The molecule has 0 spiro atoms. The van der Waals surface area contributed by atoms with Crippen molar-refractivity contribution in [2.45, 2.75) is 56.4 Å².